The second kappa shape index (κ2) is 4.63. The molecule has 1 nitrogen and oxygen atoms in total. The number of rotatable bonds is 2. The molecule has 0 amide bonds. The minimum atomic E-state index is 0.114. The first-order chi connectivity index (χ1) is 6.89. The molecule has 0 aliphatic rings. The minimum Gasteiger partial charge on any atom is -0.325 e. The Morgan fingerprint density at radius 1 is 1.27 bits per heavy atom. The van der Waals surface area contributed by atoms with E-state index in [4.69, 9.17) is 5.73 Å². The average Bonchev–Trinajstić information content (AvgIpc) is 2.14. The normalized spacial score (nSPS) is 14.5. The van der Waals surface area contributed by atoms with Crippen LogP contribution >= 0.6 is 0 Å². The van der Waals surface area contributed by atoms with E-state index in [0.29, 0.717) is 0 Å². The highest BCUT2D eigenvalue weighted by molar-refractivity contribution is 5.51. The zero-order valence-electron chi connectivity index (χ0n) is 10.1. The molecule has 1 rings (SSSR count). The van der Waals surface area contributed by atoms with Crippen LogP contribution in [0.3, 0.4) is 0 Å². The Kier molecular flexibility index (Phi) is 3.70. The molecule has 0 saturated carbocycles. The Balaban J connectivity index is 2.93. The van der Waals surface area contributed by atoms with Gasteiger partial charge in [0, 0.05) is 6.04 Å². The van der Waals surface area contributed by atoms with Gasteiger partial charge in [0.1, 0.15) is 0 Å². The molecule has 0 bridgehead atoms. The van der Waals surface area contributed by atoms with Crippen LogP contribution in [0.15, 0.2) is 30.3 Å². The summed E-state index contributed by atoms with van der Waals surface area (Å²) < 4.78 is 0. The Morgan fingerprint density at radius 3 is 2.47 bits per heavy atom. The standard InChI is InChI=1S/C14H21N/c1-11(15)8-9-12-6-5-7-13(10-12)14(2,3)4/h5-11H,15H2,1-4H3/b9-8+. The topological polar surface area (TPSA) is 26.0 Å². The summed E-state index contributed by atoms with van der Waals surface area (Å²) in [5.41, 5.74) is 8.46. The summed E-state index contributed by atoms with van der Waals surface area (Å²) in [6.45, 7) is 8.65. The third-order valence-electron chi connectivity index (χ3n) is 2.34. The SMILES string of the molecule is CC(N)/C=C/c1cccc(C(C)(C)C)c1. The van der Waals surface area contributed by atoms with Crippen LogP contribution in [0.4, 0.5) is 0 Å². The van der Waals surface area contributed by atoms with Crippen molar-refractivity contribution >= 4 is 6.08 Å². The molecule has 82 valence electrons. The zero-order chi connectivity index (χ0) is 11.5. The lowest BCUT2D eigenvalue weighted by Crippen LogP contribution is -2.11. The van der Waals surface area contributed by atoms with Crippen LogP contribution in [0.25, 0.3) is 6.08 Å². The third-order valence-corrected chi connectivity index (χ3v) is 2.34. The summed E-state index contributed by atoms with van der Waals surface area (Å²) in [4.78, 5) is 0. The van der Waals surface area contributed by atoms with Gasteiger partial charge >= 0.3 is 0 Å². The van der Waals surface area contributed by atoms with Gasteiger partial charge in [-0.1, -0.05) is 57.2 Å². The summed E-state index contributed by atoms with van der Waals surface area (Å²) in [5.74, 6) is 0. The first-order valence-corrected chi connectivity index (χ1v) is 5.44. The van der Waals surface area contributed by atoms with Crippen LogP contribution < -0.4 is 5.73 Å². The predicted molar refractivity (Wildman–Crippen MR) is 67.8 cm³/mol. The molecular formula is C14H21N. The monoisotopic (exact) mass is 203 g/mol. The van der Waals surface area contributed by atoms with E-state index in [-0.39, 0.29) is 11.5 Å². The van der Waals surface area contributed by atoms with E-state index < -0.39 is 0 Å². The van der Waals surface area contributed by atoms with Gasteiger partial charge in [0.25, 0.3) is 0 Å². The first kappa shape index (κ1) is 12.0. The highest BCUT2D eigenvalue weighted by atomic mass is 14.6. The van der Waals surface area contributed by atoms with E-state index >= 15 is 0 Å². The molecule has 1 aromatic carbocycles. The average molecular weight is 203 g/mol. The van der Waals surface area contributed by atoms with Gasteiger partial charge in [0.05, 0.1) is 0 Å². The Bertz CT molecular complexity index is 343. The third kappa shape index (κ3) is 3.88. The van der Waals surface area contributed by atoms with Crippen LogP contribution in [0, 0.1) is 0 Å². The Morgan fingerprint density at radius 2 is 1.93 bits per heavy atom. The fourth-order valence-electron chi connectivity index (χ4n) is 1.37. The molecule has 0 spiro atoms. The number of nitrogens with two attached hydrogens (primary N) is 1. The second-order valence-corrected chi connectivity index (χ2v) is 5.09. The first-order valence-electron chi connectivity index (χ1n) is 5.44. The molecule has 0 fully saturated rings. The minimum absolute atomic E-state index is 0.114. The predicted octanol–water partition coefficient (Wildman–Crippen LogP) is 3.34. The zero-order valence-corrected chi connectivity index (χ0v) is 10.1. The van der Waals surface area contributed by atoms with E-state index in [9.17, 15) is 0 Å². The molecule has 0 aliphatic heterocycles. The number of hydrogen-bond donors (Lipinski definition) is 1. The number of hydrogen-bond acceptors (Lipinski definition) is 1. The van der Waals surface area contributed by atoms with Gasteiger partial charge in [-0.2, -0.15) is 0 Å². The van der Waals surface area contributed by atoms with E-state index in [0.717, 1.165) is 0 Å². The van der Waals surface area contributed by atoms with Crippen molar-refractivity contribution in [1.29, 1.82) is 0 Å². The van der Waals surface area contributed by atoms with Gasteiger partial charge in [-0.15, -0.1) is 0 Å². The van der Waals surface area contributed by atoms with E-state index in [2.05, 4.69) is 51.1 Å². The molecule has 1 heteroatoms. The highest BCUT2D eigenvalue weighted by Crippen LogP contribution is 2.23. The molecule has 1 unspecified atom stereocenters. The van der Waals surface area contributed by atoms with Crippen molar-refractivity contribution < 1.29 is 0 Å². The van der Waals surface area contributed by atoms with Gasteiger partial charge in [-0.25, -0.2) is 0 Å². The van der Waals surface area contributed by atoms with Crippen molar-refractivity contribution in [3.8, 4) is 0 Å². The highest BCUT2D eigenvalue weighted by Gasteiger charge is 2.12. The maximum absolute atomic E-state index is 5.68. The summed E-state index contributed by atoms with van der Waals surface area (Å²) in [6.07, 6.45) is 4.10. The molecule has 0 radical (unpaired) electrons. The summed E-state index contributed by atoms with van der Waals surface area (Å²) >= 11 is 0. The van der Waals surface area contributed by atoms with Crippen LogP contribution in [-0.2, 0) is 5.41 Å². The van der Waals surface area contributed by atoms with E-state index in [1.54, 1.807) is 0 Å². The van der Waals surface area contributed by atoms with Crippen molar-refractivity contribution in [2.24, 2.45) is 5.73 Å². The number of benzene rings is 1. The molecule has 0 aromatic heterocycles. The fraction of sp³-hybridized carbons (Fsp3) is 0.429. The maximum atomic E-state index is 5.68. The van der Waals surface area contributed by atoms with Gasteiger partial charge in [-0.05, 0) is 23.5 Å². The molecule has 2 N–H and O–H groups in total. The van der Waals surface area contributed by atoms with E-state index in [1.807, 2.05) is 13.0 Å². The van der Waals surface area contributed by atoms with Crippen molar-refractivity contribution in [2.75, 3.05) is 0 Å². The van der Waals surface area contributed by atoms with E-state index in [1.165, 1.54) is 11.1 Å². The molecular weight excluding hydrogens is 182 g/mol. The van der Waals surface area contributed by atoms with Gasteiger partial charge in [0.2, 0.25) is 0 Å². The van der Waals surface area contributed by atoms with Crippen LogP contribution in [0.1, 0.15) is 38.8 Å². The van der Waals surface area contributed by atoms with Gasteiger partial charge < -0.3 is 5.73 Å². The van der Waals surface area contributed by atoms with Crippen molar-refractivity contribution in [2.45, 2.75) is 39.2 Å². The molecule has 15 heavy (non-hydrogen) atoms. The molecule has 1 atom stereocenters. The largest absolute Gasteiger partial charge is 0.325 e. The van der Waals surface area contributed by atoms with Crippen LogP contribution in [-0.4, -0.2) is 6.04 Å². The lowest BCUT2D eigenvalue weighted by Gasteiger charge is -2.19. The maximum Gasteiger partial charge on any atom is 0.0198 e. The molecule has 0 saturated heterocycles. The van der Waals surface area contributed by atoms with Crippen molar-refractivity contribution in [1.82, 2.24) is 0 Å². The lowest BCUT2D eigenvalue weighted by molar-refractivity contribution is 0.590. The van der Waals surface area contributed by atoms with Crippen molar-refractivity contribution in [3.63, 3.8) is 0 Å². The van der Waals surface area contributed by atoms with Crippen LogP contribution in [0.2, 0.25) is 0 Å². The smallest absolute Gasteiger partial charge is 0.0198 e. The van der Waals surface area contributed by atoms with Crippen molar-refractivity contribution in [3.05, 3.63) is 41.5 Å². The quantitative estimate of drug-likeness (QED) is 0.783. The summed E-state index contributed by atoms with van der Waals surface area (Å²) in [5, 5.41) is 0. The summed E-state index contributed by atoms with van der Waals surface area (Å²) in [6, 6.07) is 8.71. The Labute approximate surface area is 93.0 Å². The molecule has 0 aliphatic carbocycles. The second-order valence-electron chi connectivity index (χ2n) is 5.09. The van der Waals surface area contributed by atoms with Gasteiger partial charge in [0.15, 0.2) is 0 Å². The Hall–Kier alpha value is -1.08. The molecule has 1 aromatic rings. The summed E-state index contributed by atoms with van der Waals surface area (Å²) in [7, 11) is 0. The lowest BCUT2D eigenvalue weighted by atomic mass is 9.86. The van der Waals surface area contributed by atoms with Crippen LogP contribution in [0.5, 0.6) is 0 Å². The fourth-order valence-corrected chi connectivity index (χ4v) is 1.37. The molecule has 0 heterocycles. The van der Waals surface area contributed by atoms with Gasteiger partial charge in [-0.3, -0.25) is 0 Å².